The lowest BCUT2D eigenvalue weighted by atomic mass is 10.1. The maximum Gasteiger partial charge on any atom is 0.272 e. The highest BCUT2D eigenvalue weighted by Crippen LogP contribution is 2.16. The molecule has 27 heavy (non-hydrogen) atoms. The first-order chi connectivity index (χ1) is 12.8. The fraction of sp³-hybridized carbons (Fsp3) is 0.316. The van der Waals surface area contributed by atoms with Crippen molar-refractivity contribution in [1.29, 1.82) is 0 Å². The van der Waals surface area contributed by atoms with Crippen LogP contribution in [0.4, 0.5) is 0 Å². The van der Waals surface area contributed by atoms with Crippen LogP contribution < -0.4 is 10.6 Å². The van der Waals surface area contributed by atoms with Crippen LogP contribution in [0.3, 0.4) is 0 Å². The molecule has 1 aliphatic heterocycles. The number of benzene rings is 1. The molecule has 1 atom stereocenters. The first-order valence-corrected chi connectivity index (χ1v) is 8.89. The molecule has 0 aliphatic carbocycles. The van der Waals surface area contributed by atoms with E-state index in [0.717, 1.165) is 37.4 Å². The minimum atomic E-state index is -0.174. The van der Waals surface area contributed by atoms with Crippen molar-refractivity contribution in [2.24, 2.45) is 0 Å². The fourth-order valence-electron chi connectivity index (χ4n) is 3.23. The summed E-state index contributed by atoms with van der Waals surface area (Å²) >= 11 is 0. The predicted octanol–water partition coefficient (Wildman–Crippen LogP) is 1.82. The molecular weight excluding hydrogens is 364 g/mol. The molecule has 1 aromatic carbocycles. The van der Waals surface area contributed by atoms with E-state index in [1.807, 2.05) is 53.5 Å². The first-order valence-electron chi connectivity index (χ1n) is 8.89. The van der Waals surface area contributed by atoms with E-state index in [9.17, 15) is 4.79 Å². The van der Waals surface area contributed by atoms with Crippen LogP contribution in [0.5, 0.6) is 0 Å². The normalized spacial score (nSPS) is 14.5. The van der Waals surface area contributed by atoms with Gasteiger partial charge in [-0.1, -0.05) is 30.3 Å². The molecule has 3 aromatic rings. The molecule has 1 aliphatic rings. The van der Waals surface area contributed by atoms with Gasteiger partial charge in [-0.25, -0.2) is 4.98 Å². The van der Waals surface area contributed by atoms with Crippen molar-refractivity contribution in [3.05, 3.63) is 72.1 Å². The second-order valence-electron chi connectivity index (χ2n) is 6.40. The van der Waals surface area contributed by atoms with Gasteiger partial charge >= 0.3 is 0 Å². The van der Waals surface area contributed by atoms with E-state index < -0.39 is 0 Å². The Balaban J connectivity index is 0.00000210. The Labute approximate surface area is 164 Å². The maximum absolute atomic E-state index is 12.8. The van der Waals surface area contributed by atoms with E-state index in [-0.39, 0.29) is 24.4 Å². The first kappa shape index (κ1) is 19.1. The molecular formula is C19H23ClN6O. The average Bonchev–Trinajstić information content (AvgIpc) is 3.27. The zero-order chi connectivity index (χ0) is 17.8. The number of carbonyl (C=O) groups is 1. The predicted molar refractivity (Wildman–Crippen MR) is 105 cm³/mol. The Morgan fingerprint density at radius 2 is 2.07 bits per heavy atom. The van der Waals surface area contributed by atoms with Gasteiger partial charge in [0.25, 0.3) is 5.91 Å². The van der Waals surface area contributed by atoms with Crippen LogP contribution in [0.15, 0.2) is 55.0 Å². The summed E-state index contributed by atoms with van der Waals surface area (Å²) in [5.74, 6) is 0.808. The lowest BCUT2D eigenvalue weighted by Gasteiger charge is -2.19. The fourth-order valence-corrected chi connectivity index (χ4v) is 3.23. The van der Waals surface area contributed by atoms with E-state index >= 15 is 0 Å². The van der Waals surface area contributed by atoms with Crippen LogP contribution in [-0.4, -0.2) is 38.3 Å². The lowest BCUT2D eigenvalue weighted by Crippen LogP contribution is -2.32. The smallest absolute Gasteiger partial charge is 0.272 e. The number of nitrogens with zero attached hydrogens (tertiary/aromatic N) is 4. The number of rotatable bonds is 5. The zero-order valence-corrected chi connectivity index (χ0v) is 15.7. The van der Waals surface area contributed by atoms with E-state index in [1.54, 1.807) is 6.20 Å². The molecule has 142 valence electrons. The number of halogens is 1. The zero-order valence-electron chi connectivity index (χ0n) is 14.9. The summed E-state index contributed by atoms with van der Waals surface area (Å²) in [6.45, 7) is 3.20. The molecule has 0 saturated carbocycles. The number of aromatic nitrogens is 4. The van der Waals surface area contributed by atoms with Crippen molar-refractivity contribution in [3.8, 4) is 0 Å². The molecule has 1 unspecified atom stereocenters. The van der Waals surface area contributed by atoms with Gasteiger partial charge in [0.1, 0.15) is 11.5 Å². The van der Waals surface area contributed by atoms with Crippen molar-refractivity contribution in [2.75, 3.05) is 13.1 Å². The highest BCUT2D eigenvalue weighted by Gasteiger charge is 2.20. The number of carbonyl (C=O) groups excluding carboxylic acids is 1. The molecule has 3 heterocycles. The van der Waals surface area contributed by atoms with E-state index in [1.165, 1.54) is 0 Å². The van der Waals surface area contributed by atoms with Crippen molar-refractivity contribution < 1.29 is 4.79 Å². The molecule has 4 rings (SSSR count). The summed E-state index contributed by atoms with van der Waals surface area (Å²) in [5.41, 5.74) is 1.52. The SMILES string of the molecule is Cl.O=C(NC(Cn1cccn1)c1ccccc1)c1cn2c(n1)CCNCC2. The Bertz CT molecular complexity index is 838. The molecule has 0 saturated heterocycles. The van der Waals surface area contributed by atoms with Crippen molar-refractivity contribution in [3.63, 3.8) is 0 Å². The van der Waals surface area contributed by atoms with Gasteiger partial charge in [0, 0.05) is 44.6 Å². The number of nitrogens with one attached hydrogen (secondary N) is 2. The molecule has 0 fully saturated rings. The summed E-state index contributed by atoms with van der Waals surface area (Å²) < 4.78 is 3.89. The number of imidazole rings is 1. The molecule has 0 radical (unpaired) electrons. The van der Waals surface area contributed by atoms with Gasteiger partial charge in [0.15, 0.2) is 0 Å². The molecule has 2 aromatic heterocycles. The molecule has 2 N–H and O–H groups in total. The van der Waals surface area contributed by atoms with Crippen LogP contribution in [0.25, 0.3) is 0 Å². The number of hydrogen-bond acceptors (Lipinski definition) is 4. The van der Waals surface area contributed by atoms with Crippen molar-refractivity contribution >= 4 is 18.3 Å². The van der Waals surface area contributed by atoms with Crippen LogP contribution in [0.1, 0.15) is 27.9 Å². The Morgan fingerprint density at radius 3 is 2.85 bits per heavy atom. The number of hydrogen-bond donors (Lipinski definition) is 2. The molecule has 0 bridgehead atoms. The van der Waals surface area contributed by atoms with Gasteiger partial charge in [0.2, 0.25) is 0 Å². The monoisotopic (exact) mass is 386 g/mol. The summed E-state index contributed by atoms with van der Waals surface area (Å²) in [6, 6.07) is 11.7. The molecule has 0 spiro atoms. The van der Waals surface area contributed by atoms with Gasteiger partial charge in [-0.15, -0.1) is 12.4 Å². The number of amides is 1. The van der Waals surface area contributed by atoms with Gasteiger partial charge in [-0.3, -0.25) is 9.48 Å². The van der Waals surface area contributed by atoms with Gasteiger partial charge in [-0.05, 0) is 11.6 Å². The highest BCUT2D eigenvalue weighted by molar-refractivity contribution is 5.92. The molecule has 1 amide bonds. The summed E-state index contributed by atoms with van der Waals surface area (Å²) in [4.78, 5) is 17.4. The van der Waals surface area contributed by atoms with Crippen LogP contribution >= 0.6 is 12.4 Å². The van der Waals surface area contributed by atoms with Gasteiger partial charge in [0.05, 0.1) is 12.6 Å². The minimum Gasteiger partial charge on any atom is -0.342 e. The van der Waals surface area contributed by atoms with Crippen molar-refractivity contribution in [1.82, 2.24) is 30.0 Å². The summed E-state index contributed by atoms with van der Waals surface area (Å²) in [6.07, 6.45) is 6.33. The standard InChI is InChI=1S/C19H22N6O.ClH/c26-19(17-13-24-12-10-20-9-7-18(24)22-17)23-16(14-25-11-4-8-21-25)15-5-2-1-3-6-15;/h1-6,8,11,13,16,20H,7,9-10,12,14H2,(H,23,26);1H. The maximum atomic E-state index is 12.8. The van der Waals surface area contributed by atoms with Crippen LogP contribution in [-0.2, 0) is 19.5 Å². The van der Waals surface area contributed by atoms with Crippen molar-refractivity contribution in [2.45, 2.75) is 25.6 Å². The van der Waals surface area contributed by atoms with E-state index in [0.29, 0.717) is 12.2 Å². The van der Waals surface area contributed by atoms with E-state index in [2.05, 4.69) is 25.3 Å². The van der Waals surface area contributed by atoms with Crippen LogP contribution in [0.2, 0.25) is 0 Å². The average molecular weight is 387 g/mol. The quantitative estimate of drug-likeness (QED) is 0.701. The lowest BCUT2D eigenvalue weighted by molar-refractivity contribution is 0.0927. The second-order valence-corrected chi connectivity index (χ2v) is 6.40. The largest absolute Gasteiger partial charge is 0.342 e. The minimum absolute atomic E-state index is 0. The highest BCUT2D eigenvalue weighted by atomic mass is 35.5. The third-order valence-electron chi connectivity index (χ3n) is 4.58. The summed E-state index contributed by atoms with van der Waals surface area (Å²) in [7, 11) is 0. The number of fused-ring (bicyclic) bond motifs is 1. The van der Waals surface area contributed by atoms with Gasteiger partial charge < -0.3 is 15.2 Å². The molecule has 7 nitrogen and oxygen atoms in total. The topological polar surface area (TPSA) is 76.8 Å². The van der Waals surface area contributed by atoms with Crippen LogP contribution in [0, 0.1) is 0 Å². The Morgan fingerprint density at radius 1 is 1.22 bits per heavy atom. The third-order valence-corrected chi connectivity index (χ3v) is 4.58. The Hall–Kier alpha value is -2.64. The molecule has 8 heteroatoms. The van der Waals surface area contributed by atoms with E-state index in [4.69, 9.17) is 0 Å². The van der Waals surface area contributed by atoms with Gasteiger partial charge in [-0.2, -0.15) is 5.10 Å². The summed E-state index contributed by atoms with van der Waals surface area (Å²) in [5, 5.41) is 10.7. The second kappa shape index (κ2) is 8.83. The third kappa shape index (κ3) is 4.56. The Kier molecular flexibility index (Phi) is 6.26.